The second kappa shape index (κ2) is 8.26. The summed E-state index contributed by atoms with van der Waals surface area (Å²) < 4.78 is 10.9. The van der Waals surface area contributed by atoms with E-state index in [9.17, 15) is 0 Å². The van der Waals surface area contributed by atoms with Gasteiger partial charge in [0.05, 0.1) is 29.0 Å². The molecule has 1 aliphatic heterocycles. The van der Waals surface area contributed by atoms with Crippen molar-refractivity contribution in [1.29, 1.82) is 0 Å². The van der Waals surface area contributed by atoms with Crippen molar-refractivity contribution < 1.29 is 4.74 Å². The molecule has 0 bridgehead atoms. The summed E-state index contributed by atoms with van der Waals surface area (Å²) >= 11 is 0. The summed E-state index contributed by atoms with van der Waals surface area (Å²) in [5.74, 6) is 2.87. The number of para-hydroxylation sites is 2. The summed E-state index contributed by atoms with van der Waals surface area (Å²) in [6.45, 7) is 5.24. The summed E-state index contributed by atoms with van der Waals surface area (Å²) in [5.41, 5.74) is 3.48. The van der Waals surface area contributed by atoms with E-state index in [0.717, 1.165) is 43.8 Å². The molecule has 1 aromatic carbocycles. The Hall–Kier alpha value is -3.26. The lowest BCUT2D eigenvalue weighted by Crippen LogP contribution is -2.40. The van der Waals surface area contributed by atoms with Crippen molar-refractivity contribution in [3.05, 3.63) is 66.6 Å². The van der Waals surface area contributed by atoms with Gasteiger partial charge in [0.1, 0.15) is 11.9 Å². The van der Waals surface area contributed by atoms with Gasteiger partial charge in [-0.1, -0.05) is 12.1 Å². The summed E-state index contributed by atoms with van der Waals surface area (Å²) in [4.78, 5) is 16.0. The number of benzene rings is 1. The number of likely N-dealkylation sites (tertiary alicyclic amines) is 1. The molecule has 2 fully saturated rings. The Balaban J connectivity index is 1.31. The highest BCUT2D eigenvalue weighted by atomic mass is 16.5. The molecule has 3 aromatic heterocycles. The maximum absolute atomic E-state index is 6.51. The Kier molecular flexibility index (Phi) is 5.10. The first kappa shape index (κ1) is 20.4. The largest absolute Gasteiger partial charge is 0.471 e. The molecule has 0 spiro atoms. The topological polar surface area (TPSA) is 73.9 Å². The fourth-order valence-corrected chi connectivity index (χ4v) is 5.89. The van der Waals surface area contributed by atoms with Crippen LogP contribution in [0.15, 0.2) is 55.1 Å². The fraction of sp³-hybridized carbons (Fsp3) is 0.440. The van der Waals surface area contributed by atoms with Crippen molar-refractivity contribution >= 4 is 11.0 Å². The summed E-state index contributed by atoms with van der Waals surface area (Å²) in [5, 5.41) is 4.34. The molecule has 4 atom stereocenters. The van der Waals surface area contributed by atoms with E-state index >= 15 is 0 Å². The van der Waals surface area contributed by atoms with E-state index in [0.29, 0.717) is 17.7 Å². The van der Waals surface area contributed by atoms with Crippen molar-refractivity contribution in [3.8, 4) is 5.88 Å². The highest BCUT2D eigenvalue weighted by molar-refractivity contribution is 5.76. The van der Waals surface area contributed by atoms with Crippen molar-refractivity contribution in [2.24, 2.45) is 18.9 Å². The minimum absolute atomic E-state index is 0.0240. The average Bonchev–Trinajstić information content (AvgIpc) is 3.50. The fourth-order valence-electron chi connectivity index (χ4n) is 5.89. The predicted octanol–water partition coefficient (Wildman–Crippen LogP) is 3.40. The summed E-state index contributed by atoms with van der Waals surface area (Å²) in [6.07, 6.45) is 9.06. The average molecular weight is 444 g/mol. The normalized spacial score (nSPS) is 25.4. The lowest BCUT2D eigenvalue weighted by molar-refractivity contribution is 0.0519. The molecule has 0 amide bonds. The maximum Gasteiger partial charge on any atom is 0.232 e. The van der Waals surface area contributed by atoms with Gasteiger partial charge in [0.2, 0.25) is 5.88 Å². The molecule has 4 heterocycles. The number of hydrogen-bond donors (Lipinski definition) is 0. The number of ether oxygens (including phenoxy) is 1. The van der Waals surface area contributed by atoms with E-state index in [2.05, 4.69) is 61.8 Å². The zero-order valence-corrected chi connectivity index (χ0v) is 19.1. The van der Waals surface area contributed by atoms with Crippen LogP contribution in [-0.2, 0) is 13.6 Å². The Bertz CT molecular complexity index is 1250. The van der Waals surface area contributed by atoms with Gasteiger partial charge in [0, 0.05) is 45.3 Å². The smallest absolute Gasteiger partial charge is 0.232 e. The molecular formula is C25H29N7O. The number of fused-ring (bicyclic) bond motifs is 2. The molecule has 170 valence electrons. The predicted molar refractivity (Wildman–Crippen MR) is 125 cm³/mol. The SMILES string of the molecule is Cc1nc2ccccc2n1[C@H]1C[C@H]2CN(Cc3ccnn3C)C[C@H]2C[C@@H]1Oc1cnccn1. The number of rotatable bonds is 5. The molecule has 0 unspecified atom stereocenters. The van der Waals surface area contributed by atoms with E-state index in [1.807, 2.05) is 17.9 Å². The number of imidazole rings is 1. The Morgan fingerprint density at radius 3 is 2.67 bits per heavy atom. The zero-order valence-electron chi connectivity index (χ0n) is 19.1. The zero-order chi connectivity index (χ0) is 22.4. The second-order valence-corrected chi connectivity index (χ2v) is 9.42. The van der Waals surface area contributed by atoms with Gasteiger partial charge in [-0.15, -0.1) is 0 Å². The first-order valence-electron chi connectivity index (χ1n) is 11.7. The van der Waals surface area contributed by atoms with Gasteiger partial charge in [-0.3, -0.25) is 14.6 Å². The Morgan fingerprint density at radius 1 is 1.03 bits per heavy atom. The van der Waals surface area contributed by atoms with Gasteiger partial charge in [-0.05, 0) is 49.8 Å². The minimum atomic E-state index is 0.0240. The van der Waals surface area contributed by atoms with Gasteiger partial charge in [0.25, 0.3) is 0 Å². The molecule has 2 aliphatic rings. The van der Waals surface area contributed by atoms with Crippen LogP contribution in [0.3, 0.4) is 0 Å². The van der Waals surface area contributed by atoms with Crippen LogP contribution in [0.5, 0.6) is 5.88 Å². The van der Waals surface area contributed by atoms with Crippen LogP contribution < -0.4 is 4.74 Å². The number of nitrogens with zero attached hydrogens (tertiary/aromatic N) is 7. The molecule has 1 aliphatic carbocycles. The minimum Gasteiger partial charge on any atom is -0.471 e. The van der Waals surface area contributed by atoms with Crippen LogP contribution >= 0.6 is 0 Å². The van der Waals surface area contributed by atoms with Crippen molar-refractivity contribution in [1.82, 2.24) is 34.2 Å². The molecular weight excluding hydrogens is 414 g/mol. The quantitative estimate of drug-likeness (QED) is 0.471. The molecule has 1 saturated heterocycles. The number of aromatic nitrogens is 6. The summed E-state index contributed by atoms with van der Waals surface area (Å²) in [7, 11) is 2.02. The van der Waals surface area contributed by atoms with Gasteiger partial charge < -0.3 is 9.30 Å². The van der Waals surface area contributed by atoms with Crippen molar-refractivity contribution in [2.45, 2.75) is 38.5 Å². The van der Waals surface area contributed by atoms with Crippen LogP contribution in [0, 0.1) is 18.8 Å². The number of aryl methyl sites for hydroxylation is 2. The van der Waals surface area contributed by atoms with Gasteiger partial charge in [0.15, 0.2) is 0 Å². The molecule has 0 N–H and O–H groups in total. The van der Waals surface area contributed by atoms with Gasteiger partial charge in [-0.25, -0.2) is 9.97 Å². The Labute approximate surface area is 193 Å². The molecule has 33 heavy (non-hydrogen) atoms. The third kappa shape index (κ3) is 3.78. The lowest BCUT2D eigenvalue weighted by atomic mass is 9.77. The highest BCUT2D eigenvalue weighted by Gasteiger charge is 2.44. The lowest BCUT2D eigenvalue weighted by Gasteiger charge is -2.39. The standard InChI is InChI=1S/C25H29N7O/c1-17-29-21-5-3-4-6-22(21)32(17)23-11-18-14-31(16-20-7-8-28-30(20)2)15-19(18)12-24(23)33-25-13-26-9-10-27-25/h3-10,13,18-19,23-24H,11-12,14-16H2,1-2H3/t18-,19+,23-,24-/m0/s1. The molecule has 0 radical (unpaired) electrons. The van der Waals surface area contributed by atoms with Crippen LogP contribution in [0.4, 0.5) is 0 Å². The van der Waals surface area contributed by atoms with Crippen molar-refractivity contribution in [2.75, 3.05) is 13.1 Å². The third-order valence-electron chi connectivity index (χ3n) is 7.38. The highest BCUT2D eigenvalue weighted by Crippen LogP contribution is 2.44. The van der Waals surface area contributed by atoms with E-state index in [1.54, 1.807) is 18.6 Å². The second-order valence-electron chi connectivity index (χ2n) is 9.42. The van der Waals surface area contributed by atoms with E-state index in [4.69, 9.17) is 9.72 Å². The molecule has 4 aromatic rings. The van der Waals surface area contributed by atoms with Crippen LogP contribution in [0.2, 0.25) is 0 Å². The van der Waals surface area contributed by atoms with Gasteiger partial charge in [-0.2, -0.15) is 5.10 Å². The van der Waals surface area contributed by atoms with E-state index in [1.165, 1.54) is 11.2 Å². The molecule has 6 rings (SSSR count). The monoisotopic (exact) mass is 443 g/mol. The molecule has 1 saturated carbocycles. The Morgan fingerprint density at radius 2 is 1.88 bits per heavy atom. The van der Waals surface area contributed by atoms with Crippen LogP contribution in [-0.4, -0.2) is 53.4 Å². The maximum atomic E-state index is 6.51. The van der Waals surface area contributed by atoms with Crippen molar-refractivity contribution in [3.63, 3.8) is 0 Å². The van der Waals surface area contributed by atoms with Crippen LogP contribution in [0.1, 0.15) is 30.4 Å². The first-order valence-corrected chi connectivity index (χ1v) is 11.7. The molecule has 8 nitrogen and oxygen atoms in total. The van der Waals surface area contributed by atoms with E-state index in [-0.39, 0.29) is 12.1 Å². The molecule has 8 heteroatoms. The van der Waals surface area contributed by atoms with E-state index < -0.39 is 0 Å². The summed E-state index contributed by atoms with van der Waals surface area (Å²) in [6, 6.07) is 10.7. The van der Waals surface area contributed by atoms with Crippen LogP contribution in [0.25, 0.3) is 11.0 Å². The van der Waals surface area contributed by atoms with Gasteiger partial charge >= 0.3 is 0 Å². The number of hydrogen-bond acceptors (Lipinski definition) is 6. The third-order valence-corrected chi connectivity index (χ3v) is 7.38. The first-order chi connectivity index (χ1) is 16.2.